The number of unbranched alkanes of at least 4 members (excludes halogenated alkanes) is 1. The van der Waals surface area contributed by atoms with E-state index in [-0.39, 0.29) is 22.0 Å². The molecule has 0 heterocycles. The van der Waals surface area contributed by atoms with Crippen LogP contribution in [-0.2, 0) is 28.5 Å². The zero-order valence-electron chi connectivity index (χ0n) is 25.9. The Morgan fingerprint density at radius 3 is 1.85 bits per heavy atom. The number of thioether (sulfide) groups is 1. The van der Waals surface area contributed by atoms with Crippen LogP contribution in [0.2, 0.25) is 0 Å². The lowest BCUT2D eigenvalue weighted by Crippen LogP contribution is -2.17. The quantitative estimate of drug-likeness (QED) is 0.230. The van der Waals surface area contributed by atoms with Crippen LogP contribution < -0.4 is 5.32 Å². The van der Waals surface area contributed by atoms with Crippen LogP contribution in [0.1, 0.15) is 109 Å². The monoisotopic (exact) mass is 559 g/mol. The number of phenols is 1. The van der Waals surface area contributed by atoms with E-state index >= 15 is 0 Å². The van der Waals surface area contributed by atoms with Crippen LogP contribution in [0.25, 0.3) is 0 Å². The van der Waals surface area contributed by atoms with Gasteiger partial charge in [0.25, 0.3) is 0 Å². The van der Waals surface area contributed by atoms with Gasteiger partial charge in [-0.1, -0.05) is 98.2 Å². The third kappa shape index (κ3) is 9.44. The van der Waals surface area contributed by atoms with Crippen LogP contribution in [0.15, 0.2) is 65.6 Å². The zero-order chi connectivity index (χ0) is 29.5. The summed E-state index contributed by atoms with van der Waals surface area (Å²) in [6.07, 6.45) is 5.74. The van der Waals surface area contributed by atoms with E-state index in [1.165, 1.54) is 29.5 Å². The standard InChI is InChI=1S/C36H49NO2S/c1-9-10-11-26-13-15-27(16-14-26)22-28-17-19-29(20-18-28)37-33(38)21-12-25(2)40-30-23-31(35(3,4)5)34(39)32(24-30)36(6,7)8/h13-20,23-25,39H,9-12,21-22H2,1-8H3,(H,37,38). The Bertz CT molecular complexity index is 1210. The van der Waals surface area contributed by atoms with Crippen molar-refractivity contribution in [3.8, 4) is 5.75 Å². The molecule has 0 aromatic heterocycles. The molecule has 0 aliphatic rings. The van der Waals surface area contributed by atoms with Gasteiger partial charge in [0, 0.05) is 33.4 Å². The molecule has 0 aliphatic carbocycles. The third-order valence-corrected chi connectivity index (χ3v) is 8.45. The van der Waals surface area contributed by atoms with E-state index in [4.69, 9.17) is 0 Å². The highest BCUT2D eigenvalue weighted by Gasteiger charge is 2.27. The number of anilines is 1. The number of hydrogen-bond donors (Lipinski definition) is 2. The molecule has 1 amide bonds. The Morgan fingerprint density at radius 2 is 1.35 bits per heavy atom. The molecule has 0 spiro atoms. The maximum Gasteiger partial charge on any atom is 0.224 e. The van der Waals surface area contributed by atoms with Crippen molar-refractivity contribution in [2.75, 3.05) is 5.32 Å². The van der Waals surface area contributed by atoms with Gasteiger partial charge in [0.15, 0.2) is 0 Å². The van der Waals surface area contributed by atoms with Gasteiger partial charge in [0.05, 0.1) is 0 Å². The summed E-state index contributed by atoms with van der Waals surface area (Å²) >= 11 is 1.78. The topological polar surface area (TPSA) is 49.3 Å². The summed E-state index contributed by atoms with van der Waals surface area (Å²) < 4.78 is 0. The summed E-state index contributed by atoms with van der Waals surface area (Å²) in [7, 11) is 0. The highest BCUT2D eigenvalue weighted by molar-refractivity contribution is 8.00. The minimum Gasteiger partial charge on any atom is -0.507 e. The Morgan fingerprint density at radius 1 is 0.850 bits per heavy atom. The Labute approximate surface area is 247 Å². The molecule has 4 heteroatoms. The molecule has 216 valence electrons. The smallest absolute Gasteiger partial charge is 0.224 e. The van der Waals surface area contributed by atoms with Crippen LogP contribution in [0.5, 0.6) is 5.75 Å². The molecule has 0 saturated heterocycles. The predicted molar refractivity (Wildman–Crippen MR) is 173 cm³/mol. The molecule has 3 aromatic carbocycles. The summed E-state index contributed by atoms with van der Waals surface area (Å²) in [5.41, 5.74) is 6.43. The van der Waals surface area contributed by atoms with Crippen molar-refractivity contribution >= 4 is 23.4 Å². The fourth-order valence-electron chi connectivity index (χ4n) is 4.81. The summed E-state index contributed by atoms with van der Waals surface area (Å²) in [5, 5.41) is 14.3. The Kier molecular flexibility index (Phi) is 10.9. The maximum atomic E-state index is 12.7. The molecule has 0 saturated carbocycles. The van der Waals surface area contributed by atoms with E-state index in [0.29, 0.717) is 12.2 Å². The van der Waals surface area contributed by atoms with E-state index in [1.807, 2.05) is 12.1 Å². The summed E-state index contributed by atoms with van der Waals surface area (Å²) in [4.78, 5) is 13.9. The highest BCUT2D eigenvalue weighted by atomic mass is 32.2. The fraction of sp³-hybridized carbons (Fsp3) is 0.472. The molecule has 0 fully saturated rings. The maximum absolute atomic E-state index is 12.7. The Hall–Kier alpha value is -2.72. The number of carbonyl (C=O) groups excluding carboxylic acids is 1. The number of hydrogen-bond acceptors (Lipinski definition) is 3. The molecule has 0 aliphatic heterocycles. The van der Waals surface area contributed by atoms with E-state index in [9.17, 15) is 9.90 Å². The third-order valence-electron chi connectivity index (χ3n) is 7.30. The first-order chi connectivity index (χ1) is 18.8. The predicted octanol–water partition coefficient (Wildman–Crippen LogP) is 9.82. The van der Waals surface area contributed by atoms with E-state index in [0.717, 1.165) is 41.0 Å². The number of carbonyl (C=O) groups is 1. The lowest BCUT2D eigenvalue weighted by molar-refractivity contribution is -0.116. The second kappa shape index (κ2) is 13.8. The van der Waals surface area contributed by atoms with E-state index < -0.39 is 0 Å². The van der Waals surface area contributed by atoms with Gasteiger partial charge in [-0.3, -0.25) is 4.79 Å². The number of rotatable bonds is 11. The molecule has 3 aromatic rings. The highest BCUT2D eigenvalue weighted by Crippen LogP contribution is 2.42. The van der Waals surface area contributed by atoms with Crippen molar-refractivity contribution in [2.45, 2.75) is 115 Å². The number of phenolic OH excluding ortho intramolecular Hbond substituents is 1. The summed E-state index contributed by atoms with van der Waals surface area (Å²) in [5.74, 6) is 0.446. The average Bonchev–Trinajstić information content (AvgIpc) is 2.88. The van der Waals surface area contributed by atoms with Crippen molar-refractivity contribution in [2.24, 2.45) is 0 Å². The van der Waals surface area contributed by atoms with Crippen molar-refractivity contribution in [3.63, 3.8) is 0 Å². The van der Waals surface area contributed by atoms with Crippen LogP contribution in [-0.4, -0.2) is 16.3 Å². The lowest BCUT2D eigenvalue weighted by atomic mass is 9.79. The van der Waals surface area contributed by atoms with E-state index in [2.05, 4.69) is 109 Å². The molecular formula is C36H49NO2S. The van der Waals surface area contributed by atoms with Gasteiger partial charge in [-0.2, -0.15) is 0 Å². The first-order valence-electron chi connectivity index (χ1n) is 14.8. The SMILES string of the molecule is CCCCc1ccc(Cc2ccc(NC(=O)CCC(C)Sc3cc(C(C)(C)C)c(O)c(C(C)(C)C)c3)cc2)cc1. The number of benzene rings is 3. The first-order valence-corrected chi connectivity index (χ1v) is 15.7. The fourth-order valence-corrected chi connectivity index (χ4v) is 5.89. The summed E-state index contributed by atoms with van der Waals surface area (Å²) in [6.45, 7) is 17.2. The van der Waals surface area contributed by atoms with Gasteiger partial charge in [0.1, 0.15) is 5.75 Å². The van der Waals surface area contributed by atoms with Crippen LogP contribution in [0.4, 0.5) is 5.69 Å². The van der Waals surface area contributed by atoms with Gasteiger partial charge >= 0.3 is 0 Å². The molecule has 1 atom stereocenters. The minimum atomic E-state index is -0.155. The van der Waals surface area contributed by atoms with Crippen LogP contribution in [0, 0.1) is 0 Å². The first kappa shape index (κ1) is 31.8. The van der Waals surface area contributed by atoms with Gasteiger partial charge in [-0.25, -0.2) is 0 Å². The molecular weight excluding hydrogens is 510 g/mol. The number of amides is 1. The molecule has 3 nitrogen and oxygen atoms in total. The van der Waals surface area contributed by atoms with Gasteiger partial charge in [-0.05, 0) is 77.5 Å². The van der Waals surface area contributed by atoms with Crippen molar-refractivity contribution in [1.82, 2.24) is 0 Å². The Balaban J connectivity index is 1.53. The average molecular weight is 560 g/mol. The molecule has 1 unspecified atom stereocenters. The van der Waals surface area contributed by atoms with Crippen molar-refractivity contribution < 1.29 is 9.90 Å². The second-order valence-corrected chi connectivity index (χ2v) is 14.7. The van der Waals surface area contributed by atoms with Gasteiger partial charge < -0.3 is 10.4 Å². The largest absolute Gasteiger partial charge is 0.507 e. The second-order valence-electron chi connectivity index (χ2n) is 13.2. The van der Waals surface area contributed by atoms with E-state index in [1.54, 1.807) is 11.8 Å². The molecule has 0 bridgehead atoms. The number of aromatic hydroxyl groups is 1. The van der Waals surface area contributed by atoms with Gasteiger partial charge in [-0.15, -0.1) is 11.8 Å². The van der Waals surface area contributed by atoms with Crippen molar-refractivity contribution in [1.29, 1.82) is 0 Å². The molecule has 0 radical (unpaired) electrons. The minimum absolute atomic E-state index is 0.0411. The van der Waals surface area contributed by atoms with Gasteiger partial charge in [0.2, 0.25) is 5.91 Å². The summed E-state index contributed by atoms with van der Waals surface area (Å²) in [6, 6.07) is 21.4. The number of nitrogens with one attached hydrogen (secondary N) is 1. The number of aryl methyl sites for hydroxylation is 1. The molecule has 2 N–H and O–H groups in total. The lowest BCUT2D eigenvalue weighted by Gasteiger charge is -2.28. The van der Waals surface area contributed by atoms with Crippen LogP contribution >= 0.6 is 11.8 Å². The van der Waals surface area contributed by atoms with Crippen molar-refractivity contribution in [3.05, 3.63) is 88.5 Å². The molecule has 3 rings (SSSR count). The normalized spacial score (nSPS) is 12.8. The van der Waals surface area contributed by atoms with Crippen LogP contribution in [0.3, 0.4) is 0 Å². The zero-order valence-corrected chi connectivity index (χ0v) is 26.7. The molecule has 40 heavy (non-hydrogen) atoms.